The van der Waals surface area contributed by atoms with Crippen LogP contribution in [0.2, 0.25) is 0 Å². The van der Waals surface area contributed by atoms with Crippen molar-refractivity contribution in [1.82, 2.24) is 10.2 Å². The molecule has 1 saturated carbocycles. The molecule has 0 atom stereocenters. The maximum absolute atomic E-state index is 11.5. The van der Waals surface area contributed by atoms with Crippen LogP contribution in [-0.2, 0) is 14.4 Å². The number of hydrogen-bond donors (Lipinski definition) is 1. The molecule has 0 radical (unpaired) electrons. The topological polar surface area (TPSA) is 66.5 Å². The highest BCUT2D eigenvalue weighted by atomic mass is 16.2. The summed E-state index contributed by atoms with van der Waals surface area (Å²) in [5.41, 5.74) is 0. The first-order chi connectivity index (χ1) is 9.18. The summed E-state index contributed by atoms with van der Waals surface area (Å²) < 4.78 is 0. The van der Waals surface area contributed by atoms with Crippen molar-refractivity contribution < 1.29 is 14.4 Å². The van der Waals surface area contributed by atoms with Crippen LogP contribution in [0.15, 0.2) is 12.2 Å². The highest BCUT2D eigenvalue weighted by molar-refractivity contribution is 6.12. The maximum atomic E-state index is 11.5. The zero-order chi connectivity index (χ0) is 13.7. The van der Waals surface area contributed by atoms with E-state index in [1.54, 1.807) is 0 Å². The molecule has 1 aliphatic heterocycles. The summed E-state index contributed by atoms with van der Waals surface area (Å²) in [6, 6.07) is 0. The summed E-state index contributed by atoms with van der Waals surface area (Å²) in [5, 5.41) is 2.93. The van der Waals surface area contributed by atoms with E-state index in [4.69, 9.17) is 0 Å². The maximum Gasteiger partial charge on any atom is 0.253 e. The van der Waals surface area contributed by atoms with E-state index in [1.165, 1.54) is 23.5 Å². The Morgan fingerprint density at radius 3 is 2.42 bits per heavy atom. The van der Waals surface area contributed by atoms with Gasteiger partial charge in [0.25, 0.3) is 11.8 Å². The molecular weight excluding hydrogens is 244 g/mol. The van der Waals surface area contributed by atoms with Crippen molar-refractivity contribution in [3.63, 3.8) is 0 Å². The Kier molecular flexibility index (Phi) is 4.71. The lowest BCUT2D eigenvalue weighted by molar-refractivity contribution is -0.136. The molecule has 5 nitrogen and oxygen atoms in total. The van der Waals surface area contributed by atoms with E-state index < -0.39 is 0 Å². The van der Waals surface area contributed by atoms with Crippen molar-refractivity contribution in [2.24, 2.45) is 5.92 Å². The Morgan fingerprint density at radius 2 is 1.84 bits per heavy atom. The van der Waals surface area contributed by atoms with Crippen molar-refractivity contribution >= 4 is 17.7 Å². The monoisotopic (exact) mass is 264 g/mol. The highest BCUT2D eigenvalue weighted by Crippen LogP contribution is 2.26. The van der Waals surface area contributed by atoms with Gasteiger partial charge in [0.1, 0.15) is 0 Å². The molecule has 0 aromatic heterocycles. The predicted molar refractivity (Wildman–Crippen MR) is 70.1 cm³/mol. The van der Waals surface area contributed by atoms with Crippen LogP contribution in [0.3, 0.4) is 0 Å². The number of amides is 3. The van der Waals surface area contributed by atoms with Crippen LogP contribution in [0.25, 0.3) is 0 Å². The molecule has 5 heteroatoms. The minimum Gasteiger partial charge on any atom is -0.356 e. The second kappa shape index (κ2) is 6.50. The van der Waals surface area contributed by atoms with Gasteiger partial charge in [-0.15, -0.1) is 0 Å². The average molecular weight is 264 g/mol. The van der Waals surface area contributed by atoms with Crippen LogP contribution in [0.5, 0.6) is 0 Å². The quantitative estimate of drug-likeness (QED) is 0.551. The van der Waals surface area contributed by atoms with E-state index in [2.05, 4.69) is 5.32 Å². The molecule has 0 unspecified atom stereocenters. The molecule has 1 fully saturated rings. The largest absolute Gasteiger partial charge is 0.356 e. The molecule has 1 N–H and O–H groups in total. The Balaban J connectivity index is 1.49. The number of nitrogens with one attached hydrogen (secondary N) is 1. The molecule has 1 aliphatic carbocycles. The molecule has 0 bridgehead atoms. The van der Waals surface area contributed by atoms with Gasteiger partial charge in [0, 0.05) is 31.2 Å². The number of carbonyl (C=O) groups excluding carboxylic acids is 3. The minimum atomic E-state index is -0.219. The second-order valence-corrected chi connectivity index (χ2v) is 5.14. The fourth-order valence-corrected chi connectivity index (χ4v) is 2.25. The van der Waals surface area contributed by atoms with E-state index in [9.17, 15) is 14.4 Å². The number of rotatable bonds is 7. The average Bonchev–Trinajstić information content (AvgIpc) is 2.62. The summed E-state index contributed by atoms with van der Waals surface area (Å²) >= 11 is 0. The molecule has 0 aromatic rings. The molecule has 0 spiro atoms. The van der Waals surface area contributed by atoms with Crippen molar-refractivity contribution in [2.45, 2.75) is 38.5 Å². The Labute approximate surface area is 113 Å². The second-order valence-electron chi connectivity index (χ2n) is 5.14. The molecule has 104 valence electrons. The number of carbonyl (C=O) groups is 3. The van der Waals surface area contributed by atoms with Gasteiger partial charge in [0.2, 0.25) is 5.91 Å². The van der Waals surface area contributed by atoms with Gasteiger partial charge in [-0.3, -0.25) is 19.3 Å². The number of unbranched alkanes of at least 4 members (excludes halogenated alkanes) is 2. The summed E-state index contributed by atoms with van der Waals surface area (Å²) in [6.07, 6.45) is 8.42. The lowest BCUT2D eigenvalue weighted by atomic mass is 9.85. The van der Waals surface area contributed by atoms with Gasteiger partial charge in [0.05, 0.1) is 0 Å². The van der Waals surface area contributed by atoms with E-state index >= 15 is 0 Å². The van der Waals surface area contributed by atoms with Crippen molar-refractivity contribution in [1.29, 1.82) is 0 Å². The molecule has 19 heavy (non-hydrogen) atoms. The van der Waals surface area contributed by atoms with E-state index in [0.29, 0.717) is 13.1 Å². The SMILES string of the molecule is O=C(NCCCCCN1C(=O)C=CC1=O)C1CCC1. The van der Waals surface area contributed by atoms with E-state index in [1.807, 2.05) is 0 Å². The van der Waals surface area contributed by atoms with Crippen LogP contribution in [0.4, 0.5) is 0 Å². The van der Waals surface area contributed by atoms with Gasteiger partial charge < -0.3 is 5.32 Å². The fraction of sp³-hybridized carbons (Fsp3) is 0.643. The van der Waals surface area contributed by atoms with Crippen LogP contribution >= 0.6 is 0 Å². The molecular formula is C14H20N2O3. The molecule has 3 amide bonds. The van der Waals surface area contributed by atoms with Gasteiger partial charge in [-0.2, -0.15) is 0 Å². The van der Waals surface area contributed by atoms with Crippen LogP contribution < -0.4 is 5.32 Å². The van der Waals surface area contributed by atoms with Crippen LogP contribution in [0, 0.1) is 5.92 Å². The third kappa shape index (κ3) is 3.66. The highest BCUT2D eigenvalue weighted by Gasteiger charge is 2.24. The van der Waals surface area contributed by atoms with Crippen molar-refractivity contribution in [2.75, 3.05) is 13.1 Å². The lowest BCUT2D eigenvalue weighted by Crippen LogP contribution is -2.35. The first kappa shape index (κ1) is 13.8. The van der Waals surface area contributed by atoms with Gasteiger partial charge in [-0.1, -0.05) is 6.42 Å². The molecule has 0 aromatic carbocycles. The van der Waals surface area contributed by atoms with Crippen molar-refractivity contribution in [3.8, 4) is 0 Å². The smallest absolute Gasteiger partial charge is 0.253 e. The first-order valence-electron chi connectivity index (χ1n) is 7.00. The van der Waals surface area contributed by atoms with E-state index in [-0.39, 0.29) is 23.6 Å². The predicted octanol–water partition coefficient (Wildman–Crippen LogP) is 0.998. The Morgan fingerprint density at radius 1 is 1.16 bits per heavy atom. The first-order valence-corrected chi connectivity index (χ1v) is 7.00. The van der Waals surface area contributed by atoms with Crippen LogP contribution in [-0.4, -0.2) is 35.7 Å². The molecule has 2 rings (SSSR count). The standard InChI is InChI=1S/C14H20N2O3/c17-12-7-8-13(18)16(12)10-3-1-2-9-15-14(19)11-5-4-6-11/h7-8,11H,1-6,9-10H2,(H,15,19). The normalized spacial score (nSPS) is 18.8. The van der Waals surface area contributed by atoms with Gasteiger partial charge >= 0.3 is 0 Å². The number of nitrogens with zero attached hydrogens (tertiary/aromatic N) is 1. The summed E-state index contributed by atoms with van der Waals surface area (Å²) in [5.74, 6) is -0.0159. The third-order valence-corrected chi connectivity index (χ3v) is 3.73. The molecule has 0 saturated heterocycles. The zero-order valence-corrected chi connectivity index (χ0v) is 11.1. The molecule has 2 aliphatic rings. The van der Waals surface area contributed by atoms with E-state index in [0.717, 1.165) is 32.1 Å². The minimum absolute atomic E-state index is 0.181. The van der Waals surface area contributed by atoms with Crippen LogP contribution in [0.1, 0.15) is 38.5 Å². The Hall–Kier alpha value is -1.65. The number of imide groups is 1. The van der Waals surface area contributed by atoms with Crippen molar-refractivity contribution in [3.05, 3.63) is 12.2 Å². The summed E-state index contributed by atoms with van der Waals surface area (Å²) in [4.78, 5) is 35.3. The van der Waals surface area contributed by atoms with Gasteiger partial charge in [-0.05, 0) is 32.1 Å². The summed E-state index contributed by atoms with van der Waals surface area (Å²) in [6.45, 7) is 1.16. The zero-order valence-electron chi connectivity index (χ0n) is 11.1. The Bertz CT molecular complexity index is 381. The van der Waals surface area contributed by atoms with Gasteiger partial charge in [0.15, 0.2) is 0 Å². The third-order valence-electron chi connectivity index (χ3n) is 3.73. The fourth-order valence-electron chi connectivity index (χ4n) is 2.25. The van der Waals surface area contributed by atoms with Gasteiger partial charge in [-0.25, -0.2) is 0 Å². The lowest BCUT2D eigenvalue weighted by Gasteiger charge is -2.24. The summed E-state index contributed by atoms with van der Waals surface area (Å²) in [7, 11) is 0. The number of hydrogen-bond acceptors (Lipinski definition) is 3. The molecule has 1 heterocycles.